The predicted octanol–water partition coefficient (Wildman–Crippen LogP) is 0.847. The van der Waals surface area contributed by atoms with Crippen LogP contribution in [0.15, 0.2) is 24.3 Å². The molecule has 0 aromatic heterocycles. The lowest BCUT2D eigenvalue weighted by Gasteiger charge is -2.13. The van der Waals surface area contributed by atoms with Gasteiger partial charge < -0.3 is 14.8 Å². The van der Waals surface area contributed by atoms with Gasteiger partial charge in [-0.2, -0.15) is 0 Å². The molecule has 1 aliphatic rings. The van der Waals surface area contributed by atoms with Gasteiger partial charge >= 0.3 is 18.0 Å². The Morgan fingerprint density at radius 1 is 1.29 bits per heavy atom. The van der Waals surface area contributed by atoms with E-state index in [1.165, 1.54) is 12.1 Å². The van der Waals surface area contributed by atoms with Crippen LogP contribution >= 0.6 is 0 Å². The number of imide groups is 1. The smallest absolute Gasteiger partial charge is 0.344 e. The highest BCUT2D eigenvalue weighted by atomic mass is 16.6. The average molecular weight is 334 g/mol. The molecule has 24 heavy (non-hydrogen) atoms. The maximum absolute atomic E-state index is 12.0. The Balaban J connectivity index is 1.96. The molecule has 3 amide bonds. The van der Waals surface area contributed by atoms with Crippen molar-refractivity contribution >= 4 is 23.9 Å². The normalized spacial score (nSPS) is 13.9. The third-order valence-electron chi connectivity index (χ3n) is 3.13. The van der Waals surface area contributed by atoms with Gasteiger partial charge in [-0.05, 0) is 31.5 Å². The molecule has 0 radical (unpaired) electrons. The second-order valence-corrected chi connectivity index (χ2v) is 5.45. The van der Waals surface area contributed by atoms with Gasteiger partial charge in [0.1, 0.15) is 0 Å². The first-order valence-electron chi connectivity index (χ1n) is 7.40. The lowest BCUT2D eigenvalue weighted by Crippen LogP contribution is -2.30. The average Bonchev–Trinajstić information content (AvgIpc) is 2.84. The van der Waals surface area contributed by atoms with Crippen molar-refractivity contribution in [2.24, 2.45) is 0 Å². The quantitative estimate of drug-likeness (QED) is 0.611. The van der Waals surface area contributed by atoms with Crippen molar-refractivity contribution in [3.05, 3.63) is 35.4 Å². The molecule has 0 saturated carbocycles. The molecular weight excluding hydrogens is 316 g/mol. The molecule has 1 aromatic rings. The molecule has 8 nitrogen and oxygen atoms in total. The molecule has 1 aromatic carbocycles. The van der Waals surface area contributed by atoms with E-state index in [-0.39, 0.29) is 30.7 Å². The van der Waals surface area contributed by atoms with E-state index < -0.39 is 24.6 Å². The molecular formula is C16H18N2O6. The van der Waals surface area contributed by atoms with Crippen molar-refractivity contribution < 1.29 is 28.7 Å². The SMILES string of the molecule is CC(C)OC(=O)COC(=O)c1cccc(CN2C(=O)CNC2=O)c1. The largest absolute Gasteiger partial charge is 0.460 e. The number of rotatable bonds is 6. The van der Waals surface area contributed by atoms with E-state index in [1.807, 2.05) is 0 Å². The maximum Gasteiger partial charge on any atom is 0.344 e. The van der Waals surface area contributed by atoms with Crippen LogP contribution in [0.1, 0.15) is 29.8 Å². The Morgan fingerprint density at radius 2 is 2.04 bits per heavy atom. The Morgan fingerprint density at radius 3 is 2.67 bits per heavy atom. The Kier molecular flexibility index (Phi) is 5.51. The molecule has 1 aliphatic heterocycles. The number of carbonyl (C=O) groups excluding carboxylic acids is 4. The Bertz CT molecular complexity index is 654. The molecule has 1 heterocycles. The number of nitrogens with one attached hydrogen (secondary N) is 1. The molecule has 1 fully saturated rings. The monoisotopic (exact) mass is 334 g/mol. The molecule has 0 spiro atoms. The van der Waals surface area contributed by atoms with E-state index in [0.29, 0.717) is 5.56 Å². The summed E-state index contributed by atoms with van der Waals surface area (Å²) in [5.41, 5.74) is 0.816. The second-order valence-electron chi connectivity index (χ2n) is 5.45. The van der Waals surface area contributed by atoms with Crippen molar-refractivity contribution in [3.63, 3.8) is 0 Å². The summed E-state index contributed by atoms with van der Waals surface area (Å²) in [6, 6.07) is 5.85. The lowest BCUT2D eigenvalue weighted by atomic mass is 10.1. The molecule has 1 N–H and O–H groups in total. The third-order valence-corrected chi connectivity index (χ3v) is 3.13. The number of ether oxygens (including phenoxy) is 2. The molecule has 0 bridgehead atoms. The first kappa shape index (κ1) is 17.5. The molecule has 8 heteroatoms. The number of esters is 2. The summed E-state index contributed by atoms with van der Waals surface area (Å²) in [4.78, 5) is 47.5. The van der Waals surface area contributed by atoms with Crippen molar-refractivity contribution in [2.75, 3.05) is 13.2 Å². The Labute approximate surface area is 138 Å². The van der Waals surface area contributed by atoms with Gasteiger partial charge in [-0.3, -0.25) is 9.69 Å². The van der Waals surface area contributed by atoms with E-state index in [4.69, 9.17) is 9.47 Å². The minimum atomic E-state index is -0.685. The van der Waals surface area contributed by atoms with Gasteiger partial charge in [0.2, 0.25) is 5.91 Å². The number of hydrogen-bond acceptors (Lipinski definition) is 6. The van der Waals surface area contributed by atoms with E-state index in [2.05, 4.69) is 5.32 Å². The zero-order chi connectivity index (χ0) is 17.7. The highest BCUT2D eigenvalue weighted by Gasteiger charge is 2.28. The van der Waals surface area contributed by atoms with Crippen LogP contribution < -0.4 is 5.32 Å². The number of carbonyl (C=O) groups is 4. The minimum absolute atomic E-state index is 0.0292. The van der Waals surface area contributed by atoms with Crippen LogP contribution in [0.25, 0.3) is 0 Å². The third kappa shape index (κ3) is 4.55. The summed E-state index contributed by atoms with van der Waals surface area (Å²) < 4.78 is 9.75. The first-order chi connectivity index (χ1) is 11.4. The van der Waals surface area contributed by atoms with Crippen LogP contribution in [0.3, 0.4) is 0 Å². The van der Waals surface area contributed by atoms with Crippen molar-refractivity contribution in [1.29, 1.82) is 0 Å². The molecule has 0 atom stereocenters. The summed E-state index contributed by atoms with van der Waals surface area (Å²) in [6.45, 7) is 2.94. The van der Waals surface area contributed by atoms with Gasteiger partial charge in [-0.25, -0.2) is 14.4 Å². The molecule has 128 valence electrons. The van der Waals surface area contributed by atoms with Gasteiger partial charge in [0, 0.05) is 0 Å². The summed E-state index contributed by atoms with van der Waals surface area (Å²) in [6.07, 6.45) is -0.288. The van der Waals surface area contributed by atoms with Gasteiger partial charge in [0.25, 0.3) is 0 Å². The van der Waals surface area contributed by atoms with Crippen molar-refractivity contribution in [3.8, 4) is 0 Å². The first-order valence-corrected chi connectivity index (χ1v) is 7.40. The van der Waals surface area contributed by atoms with E-state index in [9.17, 15) is 19.2 Å². The van der Waals surface area contributed by atoms with Crippen LogP contribution in [0.5, 0.6) is 0 Å². The fourth-order valence-corrected chi connectivity index (χ4v) is 2.10. The highest BCUT2D eigenvalue weighted by Crippen LogP contribution is 2.12. The second kappa shape index (κ2) is 7.58. The number of nitrogens with zero attached hydrogens (tertiary/aromatic N) is 1. The predicted molar refractivity (Wildman–Crippen MR) is 81.9 cm³/mol. The fraction of sp³-hybridized carbons (Fsp3) is 0.375. The number of amides is 3. The lowest BCUT2D eigenvalue weighted by molar-refractivity contribution is -0.151. The van der Waals surface area contributed by atoms with Gasteiger partial charge in [-0.1, -0.05) is 12.1 Å². The molecule has 0 unspecified atom stereocenters. The van der Waals surface area contributed by atoms with Crippen molar-refractivity contribution in [1.82, 2.24) is 10.2 Å². The van der Waals surface area contributed by atoms with E-state index in [1.54, 1.807) is 26.0 Å². The topological polar surface area (TPSA) is 102 Å². The molecule has 2 rings (SSSR count). The van der Waals surface area contributed by atoms with Crippen LogP contribution in [0.2, 0.25) is 0 Å². The summed E-state index contributed by atoms with van der Waals surface area (Å²) in [5.74, 6) is -1.65. The van der Waals surface area contributed by atoms with Crippen LogP contribution in [-0.4, -0.2) is 48.0 Å². The van der Waals surface area contributed by atoms with Gasteiger partial charge in [0.15, 0.2) is 6.61 Å². The minimum Gasteiger partial charge on any atom is -0.460 e. The van der Waals surface area contributed by atoms with Crippen LogP contribution in [0.4, 0.5) is 4.79 Å². The van der Waals surface area contributed by atoms with E-state index in [0.717, 1.165) is 4.90 Å². The fourth-order valence-electron chi connectivity index (χ4n) is 2.10. The summed E-state index contributed by atoms with van der Waals surface area (Å²) in [7, 11) is 0. The van der Waals surface area contributed by atoms with Crippen LogP contribution in [-0.2, 0) is 25.6 Å². The number of hydrogen-bond donors (Lipinski definition) is 1. The Hall–Kier alpha value is -2.90. The maximum atomic E-state index is 12.0. The standard InChI is InChI=1S/C16H18N2O6/c1-10(2)24-14(20)9-23-15(21)12-5-3-4-11(6-12)8-18-13(19)7-17-16(18)22/h3-6,10H,7-9H2,1-2H3,(H,17,22). The van der Waals surface area contributed by atoms with Crippen molar-refractivity contribution in [2.45, 2.75) is 26.5 Å². The van der Waals surface area contributed by atoms with Gasteiger partial charge in [0.05, 0.1) is 24.8 Å². The highest BCUT2D eigenvalue weighted by molar-refractivity contribution is 6.01. The molecule has 1 saturated heterocycles. The number of benzene rings is 1. The van der Waals surface area contributed by atoms with Gasteiger partial charge in [-0.15, -0.1) is 0 Å². The van der Waals surface area contributed by atoms with Crippen LogP contribution in [0, 0.1) is 0 Å². The zero-order valence-corrected chi connectivity index (χ0v) is 13.4. The molecule has 0 aliphatic carbocycles. The summed E-state index contributed by atoms with van der Waals surface area (Å²) >= 11 is 0. The number of urea groups is 1. The van der Waals surface area contributed by atoms with E-state index >= 15 is 0 Å². The summed E-state index contributed by atoms with van der Waals surface area (Å²) in [5, 5.41) is 2.42. The zero-order valence-electron chi connectivity index (χ0n) is 13.4.